The van der Waals surface area contributed by atoms with Gasteiger partial charge in [0.1, 0.15) is 5.82 Å². The summed E-state index contributed by atoms with van der Waals surface area (Å²) in [6.07, 6.45) is 0. The molecule has 3 nitrogen and oxygen atoms in total. The molecule has 1 heterocycles. The standard InChI is InChI=1S/C17H17Cl2N3/c1-21(2)11-17-20-15-8-3-4-9-16(15)22(17)10-12-13(18)6-5-7-14(12)19/h3-9H,10-11H2,1-2H3. The molecule has 0 fully saturated rings. The molecule has 3 rings (SSSR count). The third-order valence-corrected chi connectivity index (χ3v) is 4.28. The van der Waals surface area contributed by atoms with E-state index in [2.05, 4.69) is 15.5 Å². The van der Waals surface area contributed by atoms with E-state index in [0.717, 1.165) is 29.0 Å². The van der Waals surface area contributed by atoms with Crippen LogP contribution in [0.25, 0.3) is 11.0 Å². The Kier molecular flexibility index (Phi) is 4.39. The smallest absolute Gasteiger partial charge is 0.124 e. The van der Waals surface area contributed by atoms with Crippen molar-refractivity contribution in [2.24, 2.45) is 0 Å². The Balaban J connectivity index is 2.12. The summed E-state index contributed by atoms with van der Waals surface area (Å²) in [5, 5.41) is 1.36. The zero-order valence-corrected chi connectivity index (χ0v) is 14.1. The molecule has 1 aromatic heterocycles. The number of benzene rings is 2. The molecule has 0 unspecified atom stereocenters. The van der Waals surface area contributed by atoms with Crippen LogP contribution in [-0.4, -0.2) is 28.5 Å². The van der Waals surface area contributed by atoms with Crippen molar-refractivity contribution >= 4 is 34.2 Å². The normalized spacial score (nSPS) is 11.5. The molecule has 0 saturated carbocycles. The molecule has 0 N–H and O–H groups in total. The minimum Gasteiger partial charge on any atom is -0.322 e. The summed E-state index contributed by atoms with van der Waals surface area (Å²) in [7, 11) is 4.07. The maximum Gasteiger partial charge on any atom is 0.124 e. The fourth-order valence-electron chi connectivity index (χ4n) is 2.55. The van der Waals surface area contributed by atoms with Crippen LogP contribution in [0.4, 0.5) is 0 Å². The van der Waals surface area contributed by atoms with Crippen LogP contribution in [0, 0.1) is 0 Å². The van der Waals surface area contributed by atoms with Crippen LogP contribution in [0.1, 0.15) is 11.4 Å². The van der Waals surface area contributed by atoms with E-state index in [-0.39, 0.29) is 0 Å². The van der Waals surface area contributed by atoms with Crippen molar-refractivity contribution in [2.75, 3.05) is 14.1 Å². The van der Waals surface area contributed by atoms with Crippen LogP contribution in [0.3, 0.4) is 0 Å². The Morgan fingerprint density at radius 2 is 1.68 bits per heavy atom. The van der Waals surface area contributed by atoms with Crippen molar-refractivity contribution < 1.29 is 0 Å². The largest absolute Gasteiger partial charge is 0.322 e. The zero-order valence-electron chi connectivity index (χ0n) is 12.6. The van der Waals surface area contributed by atoms with Crippen LogP contribution < -0.4 is 0 Å². The van der Waals surface area contributed by atoms with Gasteiger partial charge in [0.05, 0.1) is 24.1 Å². The minimum atomic E-state index is 0.613. The molecule has 0 saturated heterocycles. The topological polar surface area (TPSA) is 21.1 Å². The van der Waals surface area contributed by atoms with E-state index in [0.29, 0.717) is 16.6 Å². The highest BCUT2D eigenvalue weighted by molar-refractivity contribution is 6.36. The average molecular weight is 334 g/mol. The van der Waals surface area contributed by atoms with Gasteiger partial charge in [0.2, 0.25) is 0 Å². The van der Waals surface area contributed by atoms with Crippen molar-refractivity contribution in [1.29, 1.82) is 0 Å². The molecular weight excluding hydrogens is 317 g/mol. The molecule has 5 heteroatoms. The Labute approximate surface area is 140 Å². The van der Waals surface area contributed by atoms with Crippen molar-refractivity contribution in [3.63, 3.8) is 0 Å². The second kappa shape index (κ2) is 6.29. The van der Waals surface area contributed by atoms with E-state index in [4.69, 9.17) is 28.2 Å². The number of nitrogens with zero attached hydrogens (tertiary/aromatic N) is 3. The molecule has 114 valence electrons. The van der Waals surface area contributed by atoms with Gasteiger partial charge in [0.15, 0.2) is 0 Å². The van der Waals surface area contributed by atoms with Crippen molar-refractivity contribution in [3.8, 4) is 0 Å². The average Bonchev–Trinajstić information content (AvgIpc) is 2.80. The van der Waals surface area contributed by atoms with Gasteiger partial charge in [0.25, 0.3) is 0 Å². The maximum atomic E-state index is 6.33. The Morgan fingerprint density at radius 3 is 2.36 bits per heavy atom. The Morgan fingerprint density at radius 1 is 1.00 bits per heavy atom. The fourth-order valence-corrected chi connectivity index (χ4v) is 3.06. The lowest BCUT2D eigenvalue weighted by molar-refractivity contribution is 0.384. The number of halogens is 2. The number of hydrogen-bond donors (Lipinski definition) is 0. The highest BCUT2D eigenvalue weighted by atomic mass is 35.5. The second-order valence-electron chi connectivity index (χ2n) is 5.54. The Bertz CT molecular complexity index is 789. The molecule has 2 aromatic carbocycles. The highest BCUT2D eigenvalue weighted by Gasteiger charge is 2.14. The van der Waals surface area contributed by atoms with Gasteiger partial charge < -0.3 is 9.47 Å². The SMILES string of the molecule is CN(C)Cc1nc2ccccc2n1Cc1c(Cl)cccc1Cl. The van der Waals surface area contributed by atoms with Crippen molar-refractivity contribution in [3.05, 3.63) is 63.9 Å². The summed E-state index contributed by atoms with van der Waals surface area (Å²) in [6, 6.07) is 13.7. The lowest BCUT2D eigenvalue weighted by atomic mass is 10.2. The number of fused-ring (bicyclic) bond motifs is 1. The van der Waals surface area contributed by atoms with Gasteiger partial charge in [-0.25, -0.2) is 4.98 Å². The van der Waals surface area contributed by atoms with E-state index in [1.165, 1.54) is 0 Å². The van der Waals surface area contributed by atoms with Crippen LogP contribution in [0.15, 0.2) is 42.5 Å². The first-order valence-corrected chi connectivity index (χ1v) is 7.83. The first-order valence-electron chi connectivity index (χ1n) is 7.08. The lowest BCUT2D eigenvalue weighted by Gasteiger charge is -2.14. The predicted molar refractivity (Wildman–Crippen MR) is 92.7 cm³/mol. The molecule has 0 radical (unpaired) electrons. The zero-order chi connectivity index (χ0) is 15.7. The highest BCUT2D eigenvalue weighted by Crippen LogP contribution is 2.27. The maximum absolute atomic E-state index is 6.33. The Hall–Kier alpha value is -1.55. The molecule has 3 aromatic rings. The monoisotopic (exact) mass is 333 g/mol. The van der Waals surface area contributed by atoms with Gasteiger partial charge in [-0.05, 0) is 38.4 Å². The molecule has 0 bridgehead atoms. The summed E-state index contributed by atoms with van der Waals surface area (Å²) < 4.78 is 2.18. The van der Waals surface area contributed by atoms with Gasteiger partial charge in [-0.15, -0.1) is 0 Å². The van der Waals surface area contributed by atoms with E-state index in [9.17, 15) is 0 Å². The molecule has 0 aliphatic rings. The van der Waals surface area contributed by atoms with Crippen LogP contribution in [0.2, 0.25) is 10.0 Å². The molecule has 0 atom stereocenters. The molecule has 0 spiro atoms. The summed E-state index contributed by atoms with van der Waals surface area (Å²) in [5.41, 5.74) is 3.01. The van der Waals surface area contributed by atoms with Gasteiger partial charge in [-0.2, -0.15) is 0 Å². The van der Waals surface area contributed by atoms with Crippen molar-refractivity contribution in [2.45, 2.75) is 13.1 Å². The van der Waals surface area contributed by atoms with E-state index in [1.54, 1.807) is 0 Å². The van der Waals surface area contributed by atoms with E-state index >= 15 is 0 Å². The van der Waals surface area contributed by atoms with Gasteiger partial charge in [0, 0.05) is 15.6 Å². The molecule has 0 aliphatic carbocycles. The fraction of sp³-hybridized carbons (Fsp3) is 0.235. The number of imidazole rings is 1. The first-order chi connectivity index (χ1) is 10.6. The van der Waals surface area contributed by atoms with Crippen LogP contribution in [-0.2, 0) is 13.1 Å². The quantitative estimate of drug-likeness (QED) is 0.703. The minimum absolute atomic E-state index is 0.613. The predicted octanol–water partition coefficient (Wildman–Crippen LogP) is 4.45. The number of rotatable bonds is 4. The van der Waals surface area contributed by atoms with Gasteiger partial charge in [-0.3, -0.25) is 0 Å². The molecule has 0 amide bonds. The second-order valence-corrected chi connectivity index (χ2v) is 6.36. The summed E-state index contributed by atoms with van der Waals surface area (Å²) in [4.78, 5) is 6.85. The third-order valence-electron chi connectivity index (χ3n) is 3.57. The van der Waals surface area contributed by atoms with Crippen molar-refractivity contribution in [1.82, 2.24) is 14.5 Å². The summed E-state index contributed by atoms with van der Waals surface area (Å²) >= 11 is 12.7. The first kappa shape index (κ1) is 15.3. The van der Waals surface area contributed by atoms with E-state index in [1.807, 2.05) is 50.5 Å². The third kappa shape index (κ3) is 2.98. The summed E-state index contributed by atoms with van der Waals surface area (Å²) in [5.74, 6) is 1.00. The van der Waals surface area contributed by atoms with E-state index < -0.39 is 0 Å². The molecule has 22 heavy (non-hydrogen) atoms. The number of hydrogen-bond acceptors (Lipinski definition) is 2. The van der Waals surface area contributed by atoms with Crippen LogP contribution in [0.5, 0.6) is 0 Å². The lowest BCUT2D eigenvalue weighted by Crippen LogP contribution is -2.16. The van der Waals surface area contributed by atoms with Crippen LogP contribution >= 0.6 is 23.2 Å². The molecule has 0 aliphatic heterocycles. The summed E-state index contributed by atoms with van der Waals surface area (Å²) in [6.45, 7) is 1.37. The molecular formula is C17H17Cl2N3. The van der Waals surface area contributed by atoms with Gasteiger partial charge >= 0.3 is 0 Å². The number of para-hydroxylation sites is 2. The van der Waals surface area contributed by atoms with Gasteiger partial charge in [-0.1, -0.05) is 41.4 Å². The number of aromatic nitrogens is 2.